The molecule has 0 aliphatic rings. The Hall–Kier alpha value is -2.87. The predicted octanol–water partition coefficient (Wildman–Crippen LogP) is 3.24. The summed E-state index contributed by atoms with van der Waals surface area (Å²) in [6.45, 7) is 1.84. The molecular weight excluding hydrogens is 285 g/mol. The van der Waals surface area contributed by atoms with Crippen molar-refractivity contribution in [3.8, 4) is 11.8 Å². The Morgan fingerprint density at radius 3 is 2.55 bits per heavy atom. The molecule has 2 rings (SSSR count). The maximum atomic E-state index is 13.4. The van der Waals surface area contributed by atoms with E-state index in [1.165, 1.54) is 12.1 Å². The van der Waals surface area contributed by atoms with E-state index in [0.29, 0.717) is 16.9 Å². The second-order valence-corrected chi connectivity index (χ2v) is 4.58. The van der Waals surface area contributed by atoms with Gasteiger partial charge in [-0.25, -0.2) is 9.18 Å². The van der Waals surface area contributed by atoms with Gasteiger partial charge in [0, 0.05) is 0 Å². The highest BCUT2D eigenvalue weighted by Crippen LogP contribution is 2.12. The maximum Gasteiger partial charge on any atom is 0.338 e. The third-order valence-corrected chi connectivity index (χ3v) is 2.98. The number of hydrogen-bond acceptors (Lipinski definition) is 4. The zero-order valence-corrected chi connectivity index (χ0v) is 12.0. The summed E-state index contributed by atoms with van der Waals surface area (Å²) in [4.78, 5) is 11.7. The molecule has 0 radical (unpaired) electrons. The Morgan fingerprint density at radius 2 is 1.91 bits per heavy atom. The molecule has 0 amide bonds. The molecule has 0 atom stereocenters. The molecule has 0 bridgehead atoms. The van der Waals surface area contributed by atoms with E-state index in [0.717, 1.165) is 6.07 Å². The molecule has 0 heterocycles. The number of benzene rings is 2. The molecule has 0 unspecified atom stereocenters. The Labute approximate surface area is 127 Å². The van der Waals surface area contributed by atoms with E-state index in [4.69, 9.17) is 14.7 Å². The first-order valence-corrected chi connectivity index (χ1v) is 6.66. The lowest BCUT2D eigenvalue weighted by Crippen LogP contribution is -2.12. The highest BCUT2D eigenvalue weighted by atomic mass is 19.1. The molecule has 0 aliphatic heterocycles. The highest BCUT2D eigenvalue weighted by Gasteiger charge is 2.09. The van der Waals surface area contributed by atoms with Crippen LogP contribution in [0.15, 0.2) is 42.5 Å². The van der Waals surface area contributed by atoms with Crippen LogP contribution in [0.1, 0.15) is 21.5 Å². The number of hydrogen-bond donors (Lipinski definition) is 0. The first-order chi connectivity index (χ1) is 10.6. The van der Waals surface area contributed by atoms with Gasteiger partial charge in [0.15, 0.2) is 0 Å². The maximum absolute atomic E-state index is 13.4. The first kappa shape index (κ1) is 15.5. The topological polar surface area (TPSA) is 59.3 Å². The smallest absolute Gasteiger partial charge is 0.338 e. The number of carbonyl (C=O) groups excluding carboxylic acids is 1. The first-order valence-electron chi connectivity index (χ1n) is 6.66. The monoisotopic (exact) mass is 299 g/mol. The second kappa shape index (κ2) is 7.23. The van der Waals surface area contributed by atoms with Crippen molar-refractivity contribution < 1.29 is 18.7 Å². The lowest BCUT2D eigenvalue weighted by atomic mass is 10.1. The van der Waals surface area contributed by atoms with E-state index < -0.39 is 11.8 Å². The van der Waals surface area contributed by atoms with Crippen LogP contribution < -0.4 is 4.74 Å². The average Bonchev–Trinajstić information content (AvgIpc) is 2.54. The average molecular weight is 299 g/mol. The van der Waals surface area contributed by atoms with Crippen LogP contribution in [0.2, 0.25) is 0 Å². The van der Waals surface area contributed by atoms with Crippen LogP contribution >= 0.6 is 0 Å². The SMILES string of the molecule is Cc1ccc(C(=O)OCCOc2ccc(C#N)cc2)cc1F. The van der Waals surface area contributed by atoms with Gasteiger partial charge in [-0.3, -0.25) is 0 Å². The van der Waals surface area contributed by atoms with E-state index in [1.54, 1.807) is 31.2 Å². The van der Waals surface area contributed by atoms with Crippen molar-refractivity contribution in [3.63, 3.8) is 0 Å². The minimum Gasteiger partial charge on any atom is -0.490 e. The van der Waals surface area contributed by atoms with Crippen LogP contribution in [-0.4, -0.2) is 19.2 Å². The minimum absolute atomic E-state index is 0.0499. The zero-order valence-electron chi connectivity index (χ0n) is 12.0. The number of aryl methyl sites for hydroxylation is 1. The number of halogens is 1. The van der Waals surface area contributed by atoms with E-state index >= 15 is 0 Å². The fourth-order valence-corrected chi connectivity index (χ4v) is 1.72. The van der Waals surface area contributed by atoms with Crippen molar-refractivity contribution in [2.24, 2.45) is 0 Å². The summed E-state index contributed by atoms with van der Waals surface area (Å²) in [5.41, 5.74) is 1.18. The van der Waals surface area contributed by atoms with Gasteiger partial charge in [0.2, 0.25) is 0 Å². The lowest BCUT2D eigenvalue weighted by Gasteiger charge is -2.08. The number of rotatable bonds is 5. The summed E-state index contributed by atoms with van der Waals surface area (Å²) in [5.74, 6) is -0.456. The Balaban J connectivity index is 1.79. The van der Waals surface area contributed by atoms with Gasteiger partial charge in [0.05, 0.1) is 17.2 Å². The molecule has 0 saturated carbocycles. The summed E-state index contributed by atoms with van der Waals surface area (Å²) in [5, 5.41) is 8.67. The van der Waals surface area contributed by atoms with Crippen LogP contribution in [0.5, 0.6) is 5.75 Å². The number of ether oxygens (including phenoxy) is 2. The van der Waals surface area contributed by atoms with Gasteiger partial charge in [-0.15, -0.1) is 0 Å². The molecule has 0 fully saturated rings. The molecule has 0 aromatic heterocycles. The Kier molecular flexibility index (Phi) is 5.10. The number of esters is 1. The molecule has 2 aromatic rings. The van der Waals surface area contributed by atoms with E-state index in [1.807, 2.05) is 6.07 Å². The number of nitrogens with zero attached hydrogens (tertiary/aromatic N) is 1. The number of carbonyl (C=O) groups is 1. The summed E-state index contributed by atoms with van der Waals surface area (Å²) in [6.07, 6.45) is 0. The molecule has 0 aliphatic carbocycles. The molecule has 2 aromatic carbocycles. The van der Waals surface area contributed by atoms with E-state index in [-0.39, 0.29) is 18.8 Å². The Bertz CT molecular complexity index is 705. The minimum atomic E-state index is -0.595. The van der Waals surface area contributed by atoms with Gasteiger partial charge < -0.3 is 9.47 Å². The third kappa shape index (κ3) is 4.06. The molecule has 0 N–H and O–H groups in total. The summed E-state index contributed by atoms with van der Waals surface area (Å²) < 4.78 is 23.7. The van der Waals surface area contributed by atoms with Crippen molar-refractivity contribution in [1.82, 2.24) is 0 Å². The quantitative estimate of drug-likeness (QED) is 0.628. The summed E-state index contributed by atoms with van der Waals surface area (Å²) >= 11 is 0. The van der Waals surface area contributed by atoms with Crippen molar-refractivity contribution in [2.75, 3.05) is 13.2 Å². The molecule has 5 heteroatoms. The van der Waals surface area contributed by atoms with Crippen molar-refractivity contribution >= 4 is 5.97 Å². The van der Waals surface area contributed by atoms with Gasteiger partial charge in [-0.2, -0.15) is 5.26 Å². The lowest BCUT2D eigenvalue weighted by molar-refractivity contribution is 0.0450. The van der Waals surface area contributed by atoms with Crippen LogP contribution in [-0.2, 0) is 4.74 Å². The fraction of sp³-hybridized carbons (Fsp3) is 0.176. The zero-order chi connectivity index (χ0) is 15.9. The standard InChI is InChI=1S/C17H14FNO3/c1-12-2-5-14(10-16(12)18)17(20)22-9-8-21-15-6-3-13(11-19)4-7-15/h2-7,10H,8-9H2,1H3. The molecular formula is C17H14FNO3. The Morgan fingerprint density at radius 1 is 1.18 bits per heavy atom. The van der Waals surface area contributed by atoms with Crippen LogP contribution in [0.4, 0.5) is 4.39 Å². The highest BCUT2D eigenvalue weighted by molar-refractivity contribution is 5.89. The van der Waals surface area contributed by atoms with Gasteiger partial charge in [-0.1, -0.05) is 6.07 Å². The molecule has 22 heavy (non-hydrogen) atoms. The van der Waals surface area contributed by atoms with Gasteiger partial charge in [0.25, 0.3) is 0 Å². The molecule has 4 nitrogen and oxygen atoms in total. The normalized spacial score (nSPS) is 9.86. The van der Waals surface area contributed by atoms with Gasteiger partial charge in [-0.05, 0) is 48.9 Å². The predicted molar refractivity (Wildman–Crippen MR) is 78.1 cm³/mol. The number of nitriles is 1. The van der Waals surface area contributed by atoms with E-state index in [9.17, 15) is 9.18 Å². The molecule has 112 valence electrons. The summed E-state index contributed by atoms with van der Waals surface area (Å²) in [7, 11) is 0. The van der Waals surface area contributed by atoms with Crippen LogP contribution in [0.3, 0.4) is 0 Å². The molecule has 0 saturated heterocycles. The van der Waals surface area contributed by atoms with Gasteiger partial charge in [0.1, 0.15) is 24.8 Å². The summed E-state index contributed by atoms with van der Waals surface area (Å²) in [6, 6.07) is 12.8. The van der Waals surface area contributed by atoms with Crippen LogP contribution in [0.25, 0.3) is 0 Å². The van der Waals surface area contributed by atoms with Gasteiger partial charge >= 0.3 is 5.97 Å². The van der Waals surface area contributed by atoms with Crippen molar-refractivity contribution in [3.05, 3.63) is 65.0 Å². The van der Waals surface area contributed by atoms with E-state index in [2.05, 4.69) is 0 Å². The van der Waals surface area contributed by atoms with Crippen molar-refractivity contribution in [2.45, 2.75) is 6.92 Å². The van der Waals surface area contributed by atoms with Crippen molar-refractivity contribution in [1.29, 1.82) is 5.26 Å². The molecule has 0 spiro atoms. The second-order valence-electron chi connectivity index (χ2n) is 4.58. The van der Waals surface area contributed by atoms with Crippen LogP contribution in [0, 0.1) is 24.1 Å². The fourth-order valence-electron chi connectivity index (χ4n) is 1.72. The third-order valence-electron chi connectivity index (χ3n) is 2.98. The largest absolute Gasteiger partial charge is 0.490 e.